The molecule has 57 heavy (non-hydrogen) atoms. The summed E-state index contributed by atoms with van der Waals surface area (Å²) < 4.78 is 119. The van der Waals surface area contributed by atoms with E-state index in [1.807, 2.05) is 27.7 Å². The molecular weight excluding hydrogens is 825 g/mol. The van der Waals surface area contributed by atoms with Gasteiger partial charge < -0.3 is 0 Å². The lowest BCUT2D eigenvalue weighted by molar-refractivity contribution is 0.300. The molecule has 2 bridgehead atoms. The molecule has 0 saturated carbocycles. The molecule has 1 aliphatic rings. The van der Waals surface area contributed by atoms with E-state index >= 15 is 0 Å². The van der Waals surface area contributed by atoms with Gasteiger partial charge in [0.25, 0.3) is 0 Å². The van der Waals surface area contributed by atoms with Crippen molar-refractivity contribution in [2.75, 3.05) is 39.3 Å². The molecule has 0 N–H and O–H groups in total. The SMILES string of the molecule is Cc1ccc(S(=O)(=O)N2CCN(S(=O)(=O)c3ccc(C)cc3)CCN(S(=O)(=O)c3ccc(C)cc3)Cc3ccc(s3)CN(S(=O)(=O)c3ccc(C)cc3)CC2)cc1. The van der Waals surface area contributed by atoms with Crippen molar-refractivity contribution in [1.29, 1.82) is 0 Å². The fourth-order valence-corrected chi connectivity index (χ4v) is 13.2. The lowest BCUT2D eigenvalue weighted by atomic mass is 10.2. The van der Waals surface area contributed by atoms with E-state index in [9.17, 15) is 33.7 Å². The van der Waals surface area contributed by atoms with E-state index in [-0.39, 0.29) is 71.9 Å². The molecule has 0 atom stereocenters. The van der Waals surface area contributed by atoms with Gasteiger partial charge in [-0.15, -0.1) is 11.3 Å². The Bertz CT molecular complexity index is 2450. The van der Waals surface area contributed by atoms with Crippen LogP contribution in [-0.4, -0.2) is 90.2 Å². The Morgan fingerprint density at radius 3 is 0.789 bits per heavy atom. The summed E-state index contributed by atoms with van der Waals surface area (Å²) in [7, 11) is -17.0. The van der Waals surface area contributed by atoms with Gasteiger partial charge in [0.15, 0.2) is 0 Å². The van der Waals surface area contributed by atoms with Gasteiger partial charge in [-0.3, -0.25) is 0 Å². The first-order chi connectivity index (χ1) is 26.9. The molecule has 0 radical (unpaired) electrons. The largest absolute Gasteiger partial charge is 0.243 e. The normalized spacial score (nSPS) is 16.8. The van der Waals surface area contributed by atoms with Crippen LogP contribution in [0.1, 0.15) is 32.0 Å². The number of nitrogens with zero attached hydrogens (tertiary/aromatic N) is 4. The summed E-state index contributed by atoms with van der Waals surface area (Å²) in [5.41, 5.74) is 3.38. The fraction of sp³-hybridized carbons (Fsp3) is 0.300. The third kappa shape index (κ3) is 9.75. The average Bonchev–Trinajstić information content (AvgIpc) is 3.61. The van der Waals surface area contributed by atoms with Crippen LogP contribution in [0.15, 0.2) is 129 Å². The van der Waals surface area contributed by atoms with Crippen LogP contribution >= 0.6 is 11.3 Å². The zero-order valence-corrected chi connectivity index (χ0v) is 36.2. The molecule has 1 aromatic heterocycles. The van der Waals surface area contributed by atoms with E-state index in [1.165, 1.54) is 68.5 Å². The molecule has 2 heterocycles. The van der Waals surface area contributed by atoms with Crippen molar-refractivity contribution in [1.82, 2.24) is 17.2 Å². The number of sulfonamides is 4. The first-order valence-corrected chi connectivity index (χ1v) is 24.8. The van der Waals surface area contributed by atoms with Crippen molar-refractivity contribution < 1.29 is 33.7 Å². The molecule has 0 unspecified atom stereocenters. The maximum atomic E-state index is 14.4. The van der Waals surface area contributed by atoms with Crippen LogP contribution in [0.25, 0.3) is 0 Å². The lowest BCUT2D eigenvalue weighted by Gasteiger charge is -2.30. The number of benzene rings is 4. The van der Waals surface area contributed by atoms with E-state index < -0.39 is 40.1 Å². The average molecular weight is 871 g/mol. The highest BCUT2D eigenvalue weighted by Crippen LogP contribution is 2.28. The predicted octanol–water partition coefficient (Wildman–Crippen LogP) is 5.76. The van der Waals surface area contributed by atoms with Crippen molar-refractivity contribution in [2.24, 2.45) is 0 Å². The van der Waals surface area contributed by atoms with E-state index in [1.54, 1.807) is 60.7 Å². The molecule has 4 aromatic carbocycles. The summed E-state index contributed by atoms with van der Waals surface area (Å²) in [4.78, 5) is 1.21. The van der Waals surface area contributed by atoms with Crippen LogP contribution in [0, 0.1) is 27.7 Å². The van der Waals surface area contributed by atoms with Gasteiger partial charge in [-0.05, 0) is 88.4 Å². The molecule has 1 aliphatic heterocycles. The van der Waals surface area contributed by atoms with Crippen molar-refractivity contribution in [3.8, 4) is 0 Å². The molecule has 0 spiro atoms. The van der Waals surface area contributed by atoms with Crippen LogP contribution < -0.4 is 0 Å². The fourth-order valence-electron chi connectivity index (χ4n) is 6.32. The Balaban J connectivity index is 1.48. The van der Waals surface area contributed by atoms with Gasteiger partial charge in [0.1, 0.15) is 0 Å². The van der Waals surface area contributed by atoms with Gasteiger partial charge >= 0.3 is 0 Å². The first kappa shape index (κ1) is 42.8. The van der Waals surface area contributed by atoms with Crippen molar-refractivity contribution in [3.63, 3.8) is 0 Å². The number of rotatable bonds is 8. The Morgan fingerprint density at radius 2 is 0.544 bits per heavy atom. The summed E-state index contributed by atoms with van der Waals surface area (Å²) in [5.74, 6) is 0. The van der Waals surface area contributed by atoms with Crippen molar-refractivity contribution >= 4 is 51.4 Å². The molecule has 12 nitrogen and oxygen atoms in total. The van der Waals surface area contributed by atoms with Crippen LogP contribution in [0.4, 0.5) is 0 Å². The third-order valence-corrected chi connectivity index (χ3v) is 18.4. The monoisotopic (exact) mass is 870 g/mol. The minimum Gasteiger partial charge on any atom is -0.207 e. The molecule has 5 aromatic rings. The molecule has 0 saturated heterocycles. The minimum absolute atomic E-state index is 0.0291. The number of thiophene rings is 1. The number of hydrogen-bond acceptors (Lipinski definition) is 9. The van der Waals surface area contributed by atoms with Gasteiger partial charge in [0, 0.05) is 62.1 Å². The molecule has 6 rings (SSSR count). The summed E-state index contributed by atoms with van der Waals surface area (Å²) in [6, 6.07) is 28.7. The van der Waals surface area contributed by atoms with Gasteiger partial charge in [-0.2, -0.15) is 17.2 Å². The third-order valence-electron chi connectivity index (χ3n) is 9.81. The van der Waals surface area contributed by atoms with Gasteiger partial charge in [0.05, 0.1) is 19.6 Å². The molecule has 304 valence electrons. The van der Waals surface area contributed by atoms with Crippen LogP contribution in [0.5, 0.6) is 0 Å². The zero-order chi connectivity index (χ0) is 41.2. The predicted molar refractivity (Wildman–Crippen MR) is 222 cm³/mol. The highest BCUT2D eigenvalue weighted by Gasteiger charge is 2.34. The Kier molecular flexibility index (Phi) is 12.9. The first-order valence-electron chi connectivity index (χ1n) is 18.2. The van der Waals surface area contributed by atoms with Gasteiger partial charge in [0.2, 0.25) is 40.1 Å². The molecule has 0 amide bonds. The van der Waals surface area contributed by atoms with E-state index in [2.05, 4.69) is 0 Å². The zero-order valence-electron chi connectivity index (χ0n) is 32.1. The molecular formula is C40H46N4O8S5. The maximum absolute atomic E-state index is 14.4. The van der Waals surface area contributed by atoms with E-state index in [4.69, 9.17) is 0 Å². The second-order valence-electron chi connectivity index (χ2n) is 14.1. The molecule has 0 fully saturated rings. The van der Waals surface area contributed by atoms with Gasteiger partial charge in [-0.25, -0.2) is 33.7 Å². The maximum Gasteiger partial charge on any atom is 0.243 e. The highest BCUT2D eigenvalue weighted by atomic mass is 32.2. The number of aryl methyl sites for hydroxylation is 4. The minimum atomic E-state index is -4.30. The number of hydrogen-bond donors (Lipinski definition) is 0. The highest BCUT2D eigenvalue weighted by molar-refractivity contribution is 7.90. The summed E-state index contributed by atoms with van der Waals surface area (Å²) in [5, 5.41) is 0. The summed E-state index contributed by atoms with van der Waals surface area (Å²) >= 11 is 1.23. The van der Waals surface area contributed by atoms with Crippen LogP contribution in [0.3, 0.4) is 0 Å². The standard InChI is InChI=1S/C40H46N4O8S5/c1-31-5-15-37(16-6-31)54(45,46)41-23-24-42(55(47,48)38-17-7-32(2)8-18-38)26-28-44(57(51,52)40-21-11-34(4)12-22-40)30-36-14-13-35(53-36)29-43(27-25-41)56(49,50)39-19-9-33(3)10-20-39/h5-22H,23-30H2,1-4H3. The summed E-state index contributed by atoms with van der Waals surface area (Å²) in [6.45, 7) is 5.27. The Hall–Kier alpha value is -3.78. The van der Waals surface area contributed by atoms with Gasteiger partial charge in [-0.1, -0.05) is 70.8 Å². The smallest absolute Gasteiger partial charge is 0.207 e. The second-order valence-corrected chi connectivity index (χ2v) is 23.1. The molecule has 17 heteroatoms. The quantitative estimate of drug-likeness (QED) is 0.191. The van der Waals surface area contributed by atoms with E-state index in [0.29, 0.717) is 9.75 Å². The van der Waals surface area contributed by atoms with Crippen molar-refractivity contribution in [3.05, 3.63) is 141 Å². The Labute approximate surface area is 341 Å². The lowest BCUT2D eigenvalue weighted by Crippen LogP contribution is -2.46. The second kappa shape index (κ2) is 17.2. The topological polar surface area (TPSA) is 150 Å². The van der Waals surface area contributed by atoms with Crippen LogP contribution in [-0.2, 0) is 53.2 Å². The van der Waals surface area contributed by atoms with Crippen molar-refractivity contribution in [2.45, 2.75) is 60.4 Å². The number of fused-ring (bicyclic) bond motifs is 2. The summed E-state index contributed by atoms with van der Waals surface area (Å²) in [6.07, 6.45) is 0. The van der Waals surface area contributed by atoms with Crippen LogP contribution in [0.2, 0.25) is 0 Å². The molecule has 0 aliphatic carbocycles. The van der Waals surface area contributed by atoms with E-state index in [0.717, 1.165) is 30.9 Å². The Morgan fingerprint density at radius 1 is 0.333 bits per heavy atom.